The van der Waals surface area contributed by atoms with E-state index in [0.717, 1.165) is 18.7 Å². The monoisotopic (exact) mass is 2020 g/mol. The number of guanidine groups is 1. The minimum absolute atomic E-state index is 0.0135. The van der Waals surface area contributed by atoms with Crippen molar-refractivity contribution in [1.29, 1.82) is 5.41 Å². The standard InChI is InChI=1S/C88H134N26O25S2/c1-45(2)35-60(86(138)113-31-15-22-64(113)83(135)103-53(24-26-66(90)118)76(128)100-52(21-14-30-96-88(93)94)75(127)105-57(71(92)123)36-49-17-10-8-11-18-49)108-82(134)63(43-116)111-84(136)65-23-16-32-114(65)87(139)61(37-50-19-12-9-13-20-50)109-79(131)58(38-51-40-95-44-98-51)107-81(133)62(42-115)110-78(130)56(29-34-141-7)104-85(137)70(48(5)117)112-68(120)41-97-73(125)47(4)99-74(126)54(25-27-69(121)122)101-77(129)55(28-33-140-6)102-80(132)59(39-67(91)119)106-72(124)46(3)89/h8-13,17-20,40,44-48,52-65,70,115-117H,14-16,21-39,41-43,89H2,1-7H3,(H2,90,118)(H2,91,119)(H2,92,123)(H,95,98)(H,97,125)(H,99,126)(H,100,128)(H,101,129)(H,102,132)(H,103,135)(H,104,137)(H,105,127)(H,106,124)(H,107,133)(H,108,134)(H,109,131)(H,110,130)(H,111,136)(H,112,120)(H,121,122)(H4,93,94,96)/t46-,47-,48+,52-,53-,54-,55-,56-,57-,58-,59-,60-,61-,62-,63-,64-,65-,70-/m0/s1. The molecule has 2 aliphatic rings. The van der Waals surface area contributed by atoms with Crippen molar-refractivity contribution in [1.82, 2.24) is 105 Å². The molecule has 2 aromatic carbocycles. The number of nitrogens with two attached hydrogens (primary N) is 5. The molecule has 0 spiro atoms. The van der Waals surface area contributed by atoms with E-state index in [-0.39, 0.29) is 119 Å². The van der Waals surface area contributed by atoms with E-state index in [1.807, 2.05) is 0 Å². The van der Waals surface area contributed by atoms with Crippen LogP contribution in [0.1, 0.15) is 141 Å². The number of benzene rings is 2. The van der Waals surface area contributed by atoms with Gasteiger partial charge in [0, 0.05) is 57.9 Å². The van der Waals surface area contributed by atoms with Gasteiger partial charge in [0.05, 0.1) is 50.3 Å². The number of imidazole rings is 1. The number of primary amides is 3. The summed E-state index contributed by atoms with van der Waals surface area (Å²) >= 11 is 2.46. The Kier molecular flexibility index (Phi) is 50.4. The van der Waals surface area contributed by atoms with Crippen LogP contribution in [0.15, 0.2) is 73.2 Å². The van der Waals surface area contributed by atoms with Gasteiger partial charge in [0.25, 0.3) is 0 Å². The summed E-state index contributed by atoms with van der Waals surface area (Å²) in [5.41, 5.74) is 28.9. The minimum Gasteiger partial charge on any atom is -0.481 e. The average molecular weight is 2020 g/mol. The number of aliphatic hydroxyl groups is 3. The molecule has 2 fully saturated rings. The highest BCUT2D eigenvalue weighted by Crippen LogP contribution is 2.24. The topological polar surface area (TPSA) is 821 Å². The number of nitrogens with one attached hydrogen (secondary N) is 18. The fraction of sp³-hybridized carbons (Fsp3) is 0.580. The van der Waals surface area contributed by atoms with Gasteiger partial charge >= 0.3 is 5.97 Å². The molecule has 51 nitrogen and oxygen atoms in total. The van der Waals surface area contributed by atoms with E-state index < -0.39 is 291 Å². The minimum atomic E-state index is -1.90. The van der Waals surface area contributed by atoms with Crippen LogP contribution in [0.3, 0.4) is 0 Å². The van der Waals surface area contributed by atoms with E-state index in [1.165, 1.54) is 47.9 Å². The lowest BCUT2D eigenvalue weighted by atomic mass is 10.0. The molecule has 2 saturated heterocycles. The first-order valence-electron chi connectivity index (χ1n) is 45.8. The van der Waals surface area contributed by atoms with Crippen LogP contribution >= 0.6 is 23.5 Å². The summed E-state index contributed by atoms with van der Waals surface area (Å²) in [5, 5.41) is 88.7. The predicted molar refractivity (Wildman–Crippen MR) is 510 cm³/mol. The van der Waals surface area contributed by atoms with Crippen LogP contribution in [0, 0.1) is 11.3 Å². The lowest BCUT2D eigenvalue weighted by molar-refractivity contribution is -0.144. The largest absolute Gasteiger partial charge is 0.481 e. The Hall–Kier alpha value is -13.7. The predicted octanol–water partition coefficient (Wildman–Crippen LogP) is -9.64. The molecule has 20 amide bonds. The normalized spacial score (nSPS) is 16.7. The molecule has 32 N–H and O–H groups in total. The van der Waals surface area contributed by atoms with Gasteiger partial charge in [-0.15, -0.1) is 0 Å². The second-order valence-corrected chi connectivity index (χ2v) is 36.3. The first-order chi connectivity index (χ1) is 66.8. The van der Waals surface area contributed by atoms with Crippen molar-refractivity contribution in [2.24, 2.45) is 34.6 Å². The molecule has 0 saturated carbocycles. The SMILES string of the molecule is CSCC[C@H](NC(=O)[C@H](CC(N)=O)NC(=O)[C@H](C)N)C(=O)N[C@@H](CCC(=O)O)C(=O)N[C@@H](C)C(=O)NCC(=O)N[C@H](C(=O)N[C@@H](CCSC)C(=O)N[C@@H](CO)C(=O)N[C@@H](Cc1c[nH]cn1)C(=O)N[C@@H](Cc1ccccc1)C(=O)N1CCC[C@H]1C(=O)N[C@@H](CO)C(=O)N[C@@H](CC(C)C)C(=O)N1CCC[C@H]1C(=O)N[C@@H](CCC(N)=O)C(=O)N[C@@H](CCCNC(=N)N)C(=O)N[C@@H](Cc1ccccc1)C(N)=O)[C@@H](C)O. The number of likely N-dealkylation sites (tertiary alicyclic amines) is 2. The van der Waals surface area contributed by atoms with Crippen molar-refractivity contribution < 1.29 is 121 Å². The molecule has 0 radical (unpaired) electrons. The number of aliphatic carboxylic acids is 1. The molecular weight excluding hydrogens is 1890 g/mol. The molecule has 141 heavy (non-hydrogen) atoms. The molecule has 5 rings (SSSR count). The van der Waals surface area contributed by atoms with Crippen LogP contribution in [-0.4, -0.2) is 342 Å². The third kappa shape index (κ3) is 40.6. The number of H-pyrrole nitrogens is 1. The number of hydrogen-bond donors (Lipinski definition) is 27. The van der Waals surface area contributed by atoms with Gasteiger partial charge in [-0.1, -0.05) is 74.5 Å². The van der Waals surface area contributed by atoms with E-state index in [1.54, 1.807) is 87.0 Å². The Labute approximate surface area is 821 Å². The molecule has 2 aliphatic heterocycles. The molecule has 778 valence electrons. The average Bonchev–Trinajstić information content (AvgIpc) is 1.69. The number of amides is 20. The number of carboxylic acids is 1. The van der Waals surface area contributed by atoms with Gasteiger partial charge < -0.3 is 149 Å². The highest BCUT2D eigenvalue weighted by molar-refractivity contribution is 7.98. The summed E-state index contributed by atoms with van der Waals surface area (Å²) in [7, 11) is 0. The van der Waals surface area contributed by atoms with Crippen LogP contribution in [-0.2, 0) is 120 Å². The Morgan fingerprint density at radius 1 is 0.468 bits per heavy atom. The van der Waals surface area contributed by atoms with Crippen LogP contribution in [0.4, 0.5) is 0 Å². The summed E-state index contributed by atoms with van der Waals surface area (Å²) in [6.07, 6.45) is 0.961. The van der Waals surface area contributed by atoms with Crippen molar-refractivity contribution in [3.63, 3.8) is 0 Å². The summed E-state index contributed by atoms with van der Waals surface area (Å²) in [6, 6.07) is -9.16. The Morgan fingerprint density at radius 3 is 1.35 bits per heavy atom. The molecule has 1 aromatic heterocycles. The smallest absolute Gasteiger partial charge is 0.303 e. The zero-order valence-corrected chi connectivity index (χ0v) is 81.1. The summed E-state index contributed by atoms with van der Waals surface area (Å²) in [6.45, 7) is 3.83. The van der Waals surface area contributed by atoms with Crippen LogP contribution in [0.25, 0.3) is 0 Å². The summed E-state index contributed by atoms with van der Waals surface area (Å²) in [5.74, 6) is -21.4. The van der Waals surface area contributed by atoms with Gasteiger partial charge in [0.1, 0.15) is 96.7 Å². The number of rotatable bonds is 62. The first-order valence-corrected chi connectivity index (χ1v) is 48.6. The van der Waals surface area contributed by atoms with E-state index in [2.05, 4.69) is 95.0 Å². The third-order valence-corrected chi connectivity index (χ3v) is 23.8. The number of carbonyl (C=O) groups excluding carboxylic acids is 20. The van der Waals surface area contributed by atoms with Gasteiger partial charge in [-0.3, -0.25) is 106 Å². The van der Waals surface area contributed by atoms with Crippen LogP contribution < -0.4 is 114 Å². The fourth-order valence-electron chi connectivity index (χ4n) is 14.9. The lowest BCUT2D eigenvalue weighted by Gasteiger charge is -2.32. The highest BCUT2D eigenvalue weighted by atomic mass is 32.2. The summed E-state index contributed by atoms with van der Waals surface area (Å²) in [4.78, 5) is 297. The van der Waals surface area contributed by atoms with E-state index in [9.17, 15) is 116 Å². The molecular formula is C88H134N26O25S2. The van der Waals surface area contributed by atoms with Crippen LogP contribution in [0.5, 0.6) is 0 Å². The quantitative estimate of drug-likeness (QED) is 0.0142. The van der Waals surface area contributed by atoms with E-state index in [0.29, 0.717) is 11.1 Å². The number of nitrogens with zero attached hydrogens (tertiary/aromatic N) is 3. The third-order valence-electron chi connectivity index (χ3n) is 22.5. The van der Waals surface area contributed by atoms with Crippen LogP contribution in [0.2, 0.25) is 0 Å². The van der Waals surface area contributed by atoms with Gasteiger partial charge in [-0.25, -0.2) is 4.98 Å². The summed E-state index contributed by atoms with van der Waals surface area (Å²) < 4.78 is 0. The fourth-order valence-corrected chi connectivity index (χ4v) is 15.9. The van der Waals surface area contributed by atoms with E-state index >= 15 is 4.79 Å². The lowest BCUT2D eigenvalue weighted by Crippen LogP contribution is -2.62. The molecule has 0 aliphatic carbocycles. The maximum absolute atomic E-state index is 15.2. The highest BCUT2D eigenvalue weighted by Gasteiger charge is 2.45. The number of thioether (sulfide) groups is 2. The number of carboxylic acid groups (broad SMARTS) is 1. The maximum atomic E-state index is 15.2. The van der Waals surface area contributed by atoms with Gasteiger partial charge in [0.2, 0.25) is 118 Å². The number of carbonyl (C=O) groups is 21. The van der Waals surface area contributed by atoms with Crippen molar-refractivity contribution >= 4 is 154 Å². The second kappa shape index (κ2) is 60.3. The number of aliphatic hydroxyl groups excluding tert-OH is 3. The Bertz CT molecular complexity index is 4800. The molecule has 3 aromatic rings. The second-order valence-electron chi connectivity index (χ2n) is 34.3. The number of aromatic amines is 1. The first kappa shape index (κ1) is 118. The molecule has 18 atom stereocenters. The Morgan fingerprint density at radius 2 is 0.887 bits per heavy atom. The Balaban J connectivity index is 1.27. The van der Waals surface area contributed by atoms with Crippen molar-refractivity contribution in [3.05, 3.63) is 90.0 Å². The van der Waals surface area contributed by atoms with Crippen molar-refractivity contribution in [2.75, 3.05) is 63.4 Å². The molecule has 53 heteroatoms. The van der Waals surface area contributed by atoms with Gasteiger partial charge in [-0.05, 0) is 132 Å². The number of hydrogen-bond acceptors (Lipinski definition) is 29. The maximum Gasteiger partial charge on any atom is 0.303 e. The molecule has 0 unspecified atom stereocenters. The molecule has 3 heterocycles. The molecule has 0 bridgehead atoms. The zero-order chi connectivity index (χ0) is 105. The zero-order valence-electron chi connectivity index (χ0n) is 79.5. The van der Waals surface area contributed by atoms with Crippen molar-refractivity contribution in [2.45, 2.75) is 253 Å². The number of aromatic nitrogens is 2. The van der Waals surface area contributed by atoms with E-state index in [4.69, 9.17) is 34.1 Å². The van der Waals surface area contributed by atoms with Crippen molar-refractivity contribution in [3.8, 4) is 0 Å². The van der Waals surface area contributed by atoms with Gasteiger partial charge in [0.15, 0.2) is 5.96 Å². The van der Waals surface area contributed by atoms with Gasteiger partial charge in [-0.2, -0.15) is 23.5 Å².